The zero-order valence-electron chi connectivity index (χ0n) is 25.7. The first-order valence-corrected chi connectivity index (χ1v) is 18.3. The molecule has 218 valence electrons. The van der Waals surface area contributed by atoms with Crippen molar-refractivity contribution in [1.82, 2.24) is 0 Å². The number of methoxy groups -OCH3 is 1. The third kappa shape index (κ3) is 17.4. The van der Waals surface area contributed by atoms with Gasteiger partial charge in [0, 0.05) is 12.5 Å². The number of aliphatic hydroxyl groups excluding tert-OH is 1. The predicted molar refractivity (Wildman–Crippen MR) is 161 cm³/mol. The van der Waals surface area contributed by atoms with Gasteiger partial charge in [-0.3, -0.25) is 4.79 Å². The van der Waals surface area contributed by atoms with Crippen molar-refractivity contribution in [2.24, 2.45) is 5.92 Å². The van der Waals surface area contributed by atoms with Crippen molar-refractivity contribution >= 4 is 14.3 Å². The summed E-state index contributed by atoms with van der Waals surface area (Å²) in [6.45, 7) is 13.5. The number of esters is 1. The van der Waals surface area contributed by atoms with Crippen LogP contribution in [0.25, 0.3) is 0 Å². The molecular formula is C32H62O4Si. The molecule has 0 saturated carbocycles. The van der Waals surface area contributed by atoms with E-state index in [0.717, 1.165) is 12.8 Å². The third-order valence-corrected chi connectivity index (χ3v) is 12.7. The maximum Gasteiger partial charge on any atom is 0.312 e. The lowest BCUT2D eigenvalue weighted by Gasteiger charge is -2.40. The Morgan fingerprint density at radius 3 is 1.68 bits per heavy atom. The Morgan fingerprint density at radius 1 is 0.865 bits per heavy atom. The van der Waals surface area contributed by atoms with Crippen molar-refractivity contribution in [3.05, 3.63) is 0 Å². The van der Waals surface area contributed by atoms with Gasteiger partial charge in [-0.25, -0.2) is 0 Å². The van der Waals surface area contributed by atoms with E-state index in [0.29, 0.717) is 6.42 Å². The fourth-order valence-corrected chi connectivity index (χ4v) is 6.05. The first kappa shape index (κ1) is 36.2. The van der Waals surface area contributed by atoms with Gasteiger partial charge in [0.1, 0.15) is 0 Å². The fourth-order valence-electron chi connectivity index (χ4n) is 4.65. The summed E-state index contributed by atoms with van der Waals surface area (Å²) in [5.41, 5.74) is 0. The van der Waals surface area contributed by atoms with Crippen molar-refractivity contribution in [2.45, 2.75) is 174 Å². The lowest BCUT2D eigenvalue weighted by molar-refractivity contribution is -0.149. The van der Waals surface area contributed by atoms with Crippen LogP contribution in [-0.4, -0.2) is 38.7 Å². The van der Waals surface area contributed by atoms with Crippen LogP contribution in [0.15, 0.2) is 0 Å². The van der Waals surface area contributed by atoms with E-state index in [2.05, 4.69) is 46.7 Å². The summed E-state index contributed by atoms with van der Waals surface area (Å²) in [4.78, 5) is 12.2. The van der Waals surface area contributed by atoms with Crippen molar-refractivity contribution in [3.63, 3.8) is 0 Å². The summed E-state index contributed by atoms with van der Waals surface area (Å²) >= 11 is 0. The summed E-state index contributed by atoms with van der Waals surface area (Å²) < 4.78 is 11.6. The number of hydrogen-bond acceptors (Lipinski definition) is 4. The van der Waals surface area contributed by atoms with E-state index >= 15 is 0 Å². The highest BCUT2D eigenvalue weighted by Crippen LogP contribution is 2.38. The predicted octanol–water partition coefficient (Wildman–Crippen LogP) is 9.20. The molecule has 0 aliphatic carbocycles. The molecule has 0 saturated heterocycles. The number of unbranched alkanes of at least 4 members (excludes halogenated alkanes) is 14. The molecule has 0 spiro atoms. The summed E-state index contributed by atoms with van der Waals surface area (Å²) in [6, 6.07) is 0. The summed E-state index contributed by atoms with van der Waals surface area (Å²) in [5, 5.41) is 11.0. The highest BCUT2D eigenvalue weighted by molar-refractivity contribution is 6.74. The molecular weight excluding hydrogens is 476 g/mol. The monoisotopic (exact) mass is 538 g/mol. The molecule has 1 N–H and O–H groups in total. The van der Waals surface area contributed by atoms with Gasteiger partial charge in [0.15, 0.2) is 8.32 Å². The summed E-state index contributed by atoms with van der Waals surface area (Å²) in [6.07, 6.45) is 26.2. The minimum Gasteiger partial charge on any atom is -0.469 e. The van der Waals surface area contributed by atoms with Gasteiger partial charge in [0.25, 0.3) is 0 Å². The standard InChI is InChI=1S/C32H62O4Si/c1-9-11-12-13-14-15-16-17-18-19-20-21-22-23-24-26-28(36-37(7,8)32(3,4)5)27-30(33)29(25-10-2)31(34)35-6/h2,28-30,33H,9,11-27H2,1,3-8H3/t28-,29-,30-/m1/s1. The number of ether oxygens (including phenoxy) is 1. The van der Waals surface area contributed by atoms with E-state index in [1.807, 2.05) is 0 Å². The molecule has 4 nitrogen and oxygen atoms in total. The molecule has 0 fully saturated rings. The molecule has 3 atom stereocenters. The van der Waals surface area contributed by atoms with Gasteiger partial charge in [0.05, 0.1) is 19.1 Å². The van der Waals surface area contributed by atoms with Crippen LogP contribution in [0.2, 0.25) is 18.1 Å². The average molecular weight is 539 g/mol. The van der Waals surface area contributed by atoms with E-state index in [9.17, 15) is 9.90 Å². The molecule has 0 aliphatic heterocycles. The van der Waals surface area contributed by atoms with Crippen LogP contribution in [0.1, 0.15) is 143 Å². The van der Waals surface area contributed by atoms with E-state index < -0.39 is 26.3 Å². The van der Waals surface area contributed by atoms with Gasteiger partial charge in [-0.1, -0.05) is 124 Å². The van der Waals surface area contributed by atoms with Crippen molar-refractivity contribution in [3.8, 4) is 12.3 Å². The number of aliphatic hydroxyl groups is 1. The number of rotatable bonds is 23. The van der Waals surface area contributed by atoms with E-state index in [-0.39, 0.29) is 17.6 Å². The average Bonchev–Trinajstić information content (AvgIpc) is 2.83. The highest BCUT2D eigenvalue weighted by Gasteiger charge is 2.40. The van der Waals surface area contributed by atoms with Gasteiger partial charge < -0.3 is 14.3 Å². The van der Waals surface area contributed by atoms with E-state index in [4.69, 9.17) is 15.6 Å². The van der Waals surface area contributed by atoms with Gasteiger partial charge in [-0.05, 0) is 31.0 Å². The zero-order valence-corrected chi connectivity index (χ0v) is 26.7. The van der Waals surface area contributed by atoms with Crippen LogP contribution >= 0.6 is 0 Å². The molecule has 0 aliphatic rings. The quantitative estimate of drug-likeness (QED) is 0.0609. The first-order valence-electron chi connectivity index (χ1n) is 15.4. The lowest BCUT2D eigenvalue weighted by atomic mass is 9.93. The molecule has 0 heterocycles. The minimum atomic E-state index is -2.00. The van der Waals surface area contributed by atoms with E-state index in [1.165, 1.54) is 97.0 Å². The molecule has 0 amide bonds. The fraction of sp³-hybridized carbons (Fsp3) is 0.906. The lowest BCUT2D eigenvalue weighted by Crippen LogP contribution is -2.45. The second-order valence-corrected chi connectivity index (χ2v) is 17.3. The topological polar surface area (TPSA) is 55.8 Å². The van der Waals surface area contributed by atoms with Crippen LogP contribution in [0, 0.1) is 18.3 Å². The minimum absolute atomic E-state index is 0.0669. The molecule has 0 aromatic rings. The van der Waals surface area contributed by atoms with Crippen molar-refractivity contribution in [1.29, 1.82) is 0 Å². The molecule has 37 heavy (non-hydrogen) atoms. The molecule has 0 rings (SSSR count). The highest BCUT2D eigenvalue weighted by atomic mass is 28.4. The van der Waals surface area contributed by atoms with Crippen LogP contribution in [0.3, 0.4) is 0 Å². The van der Waals surface area contributed by atoms with Crippen LogP contribution in [0.4, 0.5) is 0 Å². The van der Waals surface area contributed by atoms with Crippen molar-refractivity contribution < 1.29 is 19.1 Å². The smallest absolute Gasteiger partial charge is 0.312 e. The second-order valence-electron chi connectivity index (χ2n) is 12.6. The largest absolute Gasteiger partial charge is 0.469 e. The first-order chi connectivity index (χ1) is 17.5. The summed E-state index contributed by atoms with van der Waals surface area (Å²) in [7, 11) is -0.655. The molecule has 0 aromatic heterocycles. The van der Waals surface area contributed by atoms with Gasteiger partial charge in [-0.2, -0.15) is 0 Å². The zero-order chi connectivity index (χ0) is 28.2. The molecule has 0 radical (unpaired) electrons. The molecule has 5 heteroatoms. The van der Waals surface area contributed by atoms with Gasteiger partial charge in [-0.15, -0.1) is 12.3 Å². The Kier molecular flexibility index (Phi) is 20.6. The number of carbonyl (C=O) groups is 1. The maximum absolute atomic E-state index is 12.2. The van der Waals surface area contributed by atoms with Crippen LogP contribution in [-0.2, 0) is 14.0 Å². The third-order valence-electron chi connectivity index (χ3n) is 8.21. The normalized spacial score (nSPS) is 14.7. The van der Waals surface area contributed by atoms with E-state index in [1.54, 1.807) is 0 Å². The van der Waals surface area contributed by atoms with Crippen molar-refractivity contribution in [2.75, 3.05) is 7.11 Å². The number of terminal acetylenes is 1. The maximum atomic E-state index is 12.2. The number of carbonyl (C=O) groups excluding carboxylic acids is 1. The van der Waals surface area contributed by atoms with Crippen LogP contribution < -0.4 is 0 Å². The Balaban J connectivity index is 4.39. The van der Waals surface area contributed by atoms with Gasteiger partial charge in [0.2, 0.25) is 0 Å². The summed E-state index contributed by atoms with van der Waals surface area (Å²) in [5.74, 6) is 1.38. The van der Waals surface area contributed by atoms with Crippen LogP contribution in [0.5, 0.6) is 0 Å². The Labute approximate surface area is 232 Å². The Bertz CT molecular complexity index is 605. The number of hydrogen-bond donors (Lipinski definition) is 1. The second kappa shape index (κ2) is 21.0. The Hall–Kier alpha value is -0.833. The molecule has 0 unspecified atom stereocenters. The SMILES string of the molecule is C#CC[C@@H](C(=O)OC)[C@H](O)C[C@@H](CCCCCCCCCCCCCCCCC)O[Si](C)(C)C(C)(C)C. The molecule has 0 aromatic carbocycles. The van der Waals surface area contributed by atoms with Gasteiger partial charge >= 0.3 is 5.97 Å². The Morgan fingerprint density at radius 2 is 1.30 bits per heavy atom. The molecule has 0 bridgehead atoms.